The van der Waals surface area contributed by atoms with Gasteiger partial charge in [-0.3, -0.25) is 9.59 Å². The number of hydrogen-bond donors (Lipinski definition) is 2. The van der Waals surface area contributed by atoms with Crippen molar-refractivity contribution in [1.82, 2.24) is 5.32 Å². The average molecular weight is 351 g/mol. The Balaban J connectivity index is 1.88. The molecule has 0 saturated carbocycles. The number of carbonyl (C=O) groups is 2. The van der Waals surface area contributed by atoms with Gasteiger partial charge in [-0.25, -0.2) is 0 Å². The van der Waals surface area contributed by atoms with Crippen LogP contribution >= 0.6 is 0 Å². The zero-order chi connectivity index (χ0) is 18.8. The van der Waals surface area contributed by atoms with Crippen LogP contribution in [-0.2, 0) is 22.6 Å². The molecule has 0 atom stereocenters. The van der Waals surface area contributed by atoms with Crippen LogP contribution in [0.4, 0.5) is 5.69 Å². The van der Waals surface area contributed by atoms with Gasteiger partial charge in [0.15, 0.2) is 0 Å². The Labute approximate surface area is 152 Å². The van der Waals surface area contributed by atoms with E-state index in [2.05, 4.69) is 10.6 Å². The highest BCUT2D eigenvalue weighted by atomic mass is 16.5. The zero-order valence-electron chi connectivity index (χ0n) is 14.6. The van der Waals surface area contributed by atoms with Crippen LogP contribution in [0.15, 0.2) is 48.5 Å². The van der Waals surface area contributed by atoms with E-state index >= 15 is 0 Å². The fraction of sp³-hybridized carbons (Fsp3) is 0.250. The normalized spacial score (nSPS) is 9.85. The maximum atomic E-state index is 12.2. The Bertz CT molecular complexity index is 812. The summed E-state index contributed by atoms with van der Waals surface area (Å²) in [5.74, 6) is 0.357. The highest BCUT2D eigenvalue weighted by molar-refractivity contribution is 5.91. The zero-order valence-corrected chi connectivity index (χ0v) is 14.6. The third kappa shape index (κ3) is 5.95. The van der Waals surface area contributed by atoms with Gasteiger partial charge in [0.25, 0.3) is 0 Å². The first kappa shape index (κ1) is 19.0. The van der Waals surface area contributed by atoms with Crippen LogP contribution in [-0.4, -0.2) is 18.9 Å². The molecule has 0 unspecified atom stereocenters. The van der Waals surface area contributed by atoms with Crippen molar-refractivity contribution in [3.05, 3.63) is 59.7 Å². The Kier molecular flexibility index (Phi) is 7.19. The molecule has 0 aliphatic rings. The number of methoxy groups -OCH3 is 1. The molecular weight excluding hydrogens is 330 g/mol. The number of hydrogen-bond acceptors (Lipinski definition) is 4. The predicted octanol–water partition coefficient (Wildman–Crippen LogP) is 2.80. The molecular formula is C20H21N3O3. The van der Waals surface area contributed by atoms with Gasteiger partial charge < -0.3 is 15.4 Å². The fourth-order valence-electron chi connectivity index (χ4n) is 2.48. The van der Waals surface area contributed by atoms with Crippen LogP contribution < -0.4 is 15.4 Å². The summed E-state index contributed by atoms with van der Waals surface area (Å²) in [6, 6.07) is 16.7. The standard InChI is InChI=1S/C20H21N3O3/c1-26-18-8-3-2-6-16(18)9-10-20(25)23-17-7-4-5-15(13-17)14-22-19(24)11-12-21/h2-8,13H,9-11,14H2,1H3,(H,22,24)(H,23,25). The van der Waals surface area contributed by atoms with E-state index in [0.717, 1.165) is 16.9 Å². The van der Waals surface area contributed by atoms with Gasteiger partial charge in [-0.1, -0.05) is 30.3 Å². The molecule has 0 fully saturated rings. The summed E-state index contributed by atoms with van der Waals surface area (Å²) in [5.41, 5.74) is 2.50. The molecule has 0 aliphatic carbocycles. The van der Waals surface area contributed by atoms with Gasteiger partial charge in [-0.2, -0.15) is 5.26 Å². The molecule has 0 radical (unpaired) electrons. The van der Waals surface area contributed by atoms with Crippen molar-refractivity contribution in [2.24, 2.45) is 0 Å². The van der Waals surface area contributed by atoms with Gasteiger partial charge in [0.2, 0.25) is 11.8 Å². The fourth-order valence-corrected chi connectivity index (χ4v) is 2.48. The Hall–Kier alpha value is -3.33. The summed E-state index contributed by atoms with van der Waals surface area (Å²) in [6.07, 6.45) is 0.753. The van der Waals surface area contributed by atoms with Crippen LogP contribution in [0.25, 0.3) is 0 Å². The summed E-state index contributed by atoms with van der Waals surface area (Å²) in [4.78, 5) is 23.5. The molecule has 2 aromatic rings. The molecule has 2 rings (SSSR count). The largest absolute Gasteiger partial charge is 0.496 e. The monoisotopic (exact) mass is 351 g/mol. The van der Waals surface area contributed by atoms with E-state index in [0.29, 0.717) is 25.1 Å². The second kappa shape index (κ2) is 9.84. The Morgan fingerprint density at radius 1 is 1.12 bits per heavy atom. The van der Waals surface area contributed by atoms with Crippen molar-refractivity contribution in [2.45, 2.75) is 25.8 Å². The number of aryl methyl sites for hydroxylation is 1. The molecule has 2 N–H and O–H groups in total. The molecule has 6 heteroatoms. The van der Waals surface area contributed by atoms with Gasteiger partial charge in [-0.15, -0.1) is 0 Å². The second-order valence-electron chi connectivity index (χ2n) is 5.67. The lowest BCUT2D eigenvalue weighted by Gasteiger charge is -2.10. The maximum absolute atomic E-state index is 12.2. The smallest absolute Gasteiger partial charge is 0.234 e. The minimum absolute atomic E-state index is 0.0958. The first-order chi connectivity index (χ1) is 12.6. The number of carbonyl (C=O) groups excluding carboxylic acids is 2. The van der Waals surface area contributed by atoms with E-state index in [-0.39, 0.29) is 18.2 Å². The number of amides is 2. The molecule has 0 heterocycles. The number of benzene rings is 2. The number of anilines is 1. The minimum atomic E-state index is -0.321. The lowest BCUT2D eigenvalue weighted by Crippen LogP contribution is -2.22. The molecule has 0 aromatic heterocycles. The van der Waals surface area contributed by atoms with Crippen LogP contribution in [0, 0.1) is 11.3 Å². The molecule has 2 aromatic carbocycles. The maximum Gasteiger partial charge on any atom is 0.234 e. The van der Waals surface area contributed by atoms with E-state index in [1.165, 1.54) is 0 Å². The summed E-state index contributed by atoms with van der Waals surface area (Å²) in [6.45, 7) is 0.311. The number of para-hydroxylation sites is 1. The van der Waals surface area contributed by atoms with Crippen LogP contribution in [0.5, 0.6) is 5.75 Å². The van der Waals surface area contributed by atoms with E-state index in [1.807, 2.05) is 36.4 Å². The number of ether oxygens (including phenoxy) is 1. The predicted molar refractivity (Wildman–Crippen MR) is 98.5 cm³/mol. The van der Waals surface area contributed by atoms with Crippen molar-refractivity contribution in [3.8, 4) is 11.8 Å². The molecule has 2 amide bonds. The second-order valence-corrected chi connectivity index (χ2v) is 5.67. The molecule has 0 aliphatic heterocycles. The van der Waals surface area contributed by atoms with E-state index < -0.39 is 0 Å². The summed E-state index contributed by atoms with van der Waals surface area (Å²) >= 11 is 0. The third-order valence-corrected chi connectivity index (χ3v) is 3.75. The van der Waals surface area contributed by atoms with Gasteiger partial charge >= 0.3 is 0 Å². The van der Waals surface area contributed by atoms with Crippen molar-refractivity contribution in [2.75, 3.05) is 12.4 Å². The number of nitrogens with one attached hydrogen (secondary N) is 2. The highest BCUT2D eigenvalue weighted by Crippen LogP contribution is 2.19. The Morgan fingerprint density at radius 3 is 2.69 bits per heavy atom. The van der Waals surface area contributed by atoms with Gasteiger partial charge in [0.05, 0.1) is 13.2 Å². The summed E-state index contributed by atoms with van der Waals surface area (Å²) < 4.78 is 5.29. The molecule has 0 saturated heterocycles. The molecule has 26 heavy (non-hydrogen) atoms. The van der Waals surface area contributed by atoms with Crippen LogP contribution in [0.3, 0.4) is 0 Å². The van der Waals surface area contributed by atoms with Crippen LogP contribution in [0.2, 0.25) is 0 Å². The molecule has 6 nitrogen and oxygen atoms in total. The summed E-state index contributed by atoms with van der Waals surface area (Å²) in [7, 11) is 1.61. The Morgan fingerprint density at radius 2 is 1.92 bits per heavy atom. The number of nitriles is 1. The quantitative estimate of drug-likeness (QED) is 0.765. The van der Waals surface area contributed by atoms with Gasteiger partial charge in [0, 0.05) is 18.7 Å². The average Bonchev–Trinajstić information content (AvgIpc) is 2.65. The third-order valence-electron chi connectivity index (χ3n) is 3.75. The van der Waals surface area contributed by atoms with Gasteiger partial charge in [0.1, 0.15) is 12.2 Å². The minimum Gasteiger partial charge on any atom is -0.496 e. The lowest BCUT2D eigenvalue weighted by atomic mass is 10.1. The van der Waals surface area contributed by atoms with Crippen molar-refractivity contribution < 1.29 is 14.3 Å². The topological polar surface area (TPSA) is 91.2 Å². The van der Waals surface area contributed by atoms with Crippen molar-refractivity contribution >= 4 is 17.5 Å². The van der Waals surface area contributed by atoms with Crippen molar-refractivity contribution in [1.29, 1.82) is 5.26 Å². The van der Waals surface area contributed by atoms with E-state index in [4.69, 9.17) is 10.00 Å². The molecule has 0 spiro atoms. The van der Waals surface area contributed by atoms with Crippen LogP contribution in [0.1, 0.15) is 24.0 Å². The van der Waals surface area contributed by atoms with Gasteiger partial charge in [-0.05, 0) is 35.7 Å². The summed E-state index contributed by atoms with van der Waals surface area (Å²) in [5, 5.41) is 14.0. The van der Waals surface area contributed by atoms with Crippen molar-refractivity contribution in [3.63, 3.8) is 0 Å². The van der Waals surface area contributed by atoms with E-state index in [9.17, 15) is 9.59 Å². The SMILES string of the molecule is COc1ccccc1CCC(=O)Nc1cccc(CNC(=O)CC#N)c1. The first-order valence-electron chi connectivity index (χ1n) is 8.26. The number of nitrogens with zero attached hydrogens (tertiary/aromatic N) is 1. The molecule has 134 valence electrons. The lowest BCUT2D eigenvalue weighted by molar-refractivity contribution is -0.120. The number of rotatable bonds is 8. The highest BCUT2D eigenvalue weighted by Gasteiger charge is 2.07. The first-order valence-corrected chi connectivity index (χ1v) is 8.26. The van der Waals surface area contributed by atoms with E-state index in [1.54, 1.807) is 25.3 Å². The molecule has 0 bridgehead atoms.